The van der Waals surface area contributed by atoms with Gasteiger partial charge in [-0.3, -0.25) is 5.32 Å². The summed E-state index contributed by atoms with van der Waals surface area (Å²) < 4.78 is 36.8. The van der Waals surface area contributed by atoms with E-state index in [0.717, 1.165) is 11.3 Å². The van der Waals surface area contributed by atoms with Gasteiger partial charge in [0.05, 0.1) is 14.2 Å². The van der Waals surface area contributed by atoms with E-state index < -0.39 is 16.2 Å². The minimum absolute atomic E-state index is 0.105. The van der Waals surface area contributed by atoms with E-state index in [1.54, 1.807) is 10.1 Å². The molecule has 0 aromatic carbocycles. The number of anilines is 2. The number of ether oxygens (including phenoxy) is 2. The molecule has 0 unspecified atom stereocenters. The second kappa shape index (κ2) is 7.01. The largest absolute Gasteiger partial charge is 0.467 e. The zero-order valence-corrected chi connectivity index (χ0v) is 13.4. The molecule has 0 aliphatic carbocycles. The summed E-state index contributed by atoms with van der Waals surface area (Å²) in [5.41, 5.74) is 0. The molecule has 23 heavy (non-hydrogen) atoms. The van der Waals surface area contributed by atoms with E-state index in [9.17, 15) is 13.2 Å². The summed E-state index contributed by atoms with van der Waals surface area (Å²) in [5, 5.41) is 3.79. The number of rotatable bonds is 6. The molecule has 2 aromatic rings. The van der Waals surface area contributed by atoms with Crippen LogP contribution in [0.5, 0.6) is 12.0 Å². The summed E-state index contributed by atoms with van der Waals surface area (Å²) >= 11 is 1.05. The smallest absolute Gasteiger partial charge is 0.336 e. The van der Waals surface area contributed by atoms with E-state index in [1.165, 1.54) is 20.4 Å². The zero-order valence-electron chi connectivity index (χ0n) is 11.8. The van der Waals surface area contributed by atoms with Gasteiger partial charge >= 0.3 is 28.3 Å². The van der Waals surface area contributed by atoms with Crippen molar-refractivity contribution in [2.24, 2.45) is 0 Å². The Hall–Kier alpha value is -2.74. The van der Waals surface area contributed by atoms with Gasteiger partial charge in [0.1, 0.15) is 0 Å². The Bertz CT molecular complexity index is 757. The molecular weight excluding hydrogens is 350 g/mol. The summed E-state index contributed by atoms with van der Waals surface area (Å²) in [6, 6.07) is -1.32. The van der Waals surface area contributed by atoms with Crippen LogP contribution < -0.4 is 24.2 Å². The minimum Gasteiger partial charge on any atom is -0.467 e. The highest BCUT2D eigenvalue weighted by Crippen LogP contribution is 2.13. The van der Waals surface area contributed by atoms with E-state index >= 15 is 0 Å². The number of methoxy groups -OCH3 is 2. The Morgan fingerprint density at radius 2 is 1.83 bits per heavy atom. The minimum atomic E-state index is -4.15. The molecular formula is C9H11N7O5S2. The SMILES string of the molecule is COc1nc(NC(=O)NS(=O)(=O)Nc2nccs2)nc(OC)n1. The van der Waals surface area contributed by atoms with E-state index in [-0.39, 0.29) is 23.1 Å². The first kappa shape index (κ1) is 16.6. The Morgan fingerprint density at radius 3 is 2.35 bits per heavy atom. The number of amides is 2. The third-order valence-corrected chi connectivity index (χ3v) is 3.80. The van der Waals surface area contributed by atoms with Gasteiger partial charge in [-0.15, -0.1) is 16.3 Å². The molecule has 0 spiro atoms. The molecule has 2 rings (SSSR count). The number of carbonyl (C=O) groups excluding carboxylic acids is 1. The second-order valence-electron chi connectivity index (χ2n) is 3.63. The van der Waals surface area contributed by atoms with Gasteiger partial charge in [0.2, 0.25) is 5.95 Å². The van der Waals surface area contributed by atoms with Crippen LogP contribution in [0.3, 0.4) is 0 Å². The van der Waals surface area contributed by atoms with E-state index in [4.69, 9.17) is 9.47 Å². The molecule has 0 aliphatic rings. The van der Waals surface area contributed by atoms with Gasteiger partial charge in [0, 0.05) is 11.6 Å². The van der Waals surface area contributed by atoms with Crippen molar-refractivity contribution in [1.82, 2.24) is 24.7 Å². The number of hydrogen-bond donors (Lipinski definition) is 3. The molecule has 2 amide bonds. The fourth-order valence-electron chi connectivity index (χ4n) is 1.24. The highest BCUT2D eigenvalue weighted by molar-refractivity contribution is 7.91. The van der Waals surface area contributed by atoms with Crippen molar-refractivity contribution in [3.63, 3.8) is 0 Å². The molecule has 0 radical (unpaired) electrons. The van der Waals surface area contributed by atoms with Gasteiger partial charge in [0.15, 0.2) is 5.13 Å². The fourth-order valence-corrected chi connectivity index (χ4v) is 2.76. The van der Waals surface area contributed by atoms with Crippen molar-refractivity contribution in [3.8, 4) is 12.0 Å². The average Bonchev–Trinajstić information content (AvgIpc) is 2.97. The highest BCUT2D eigenvalue weighted by Gasteiger charge is 2.17. The van der Waals surface area contributed by atoms with Gasteiger partial charge in [-0.1, -0.05) is 0 Å². The molecule has 12 nitrogen and oxygen atoms in total. The lowest BCUT2D eigenvalue weighted by Crippen LogP contribution is -2.38. The normalized spacial score (nSPS) is 10.7. The molecule has 124 valence electrons. The first-order chi connectivity index (χ1) is 10.9. The van der Waals surface area contributed by atoms with Crippen LogP contribution in [0.4, 0.5) is 15.9 Å². The van der Waals surface area contributed by atoms with Crippen LogP contribution >= 0.6 is 11.3 Å². The highest BCUT2D eigenvalue weighted by atomic mass is 32.2. The average molecular weight is 361 g/mol. The van der Waals surface area contributed by atoms with Crippen LogP contribution in [-0.4, -0.2) is 48.6 Å². The lowest BCUT2D eigenvalue weighted by Gasteiger charge is -2.08. The van der Waals surface area contributed by atoms with Crippen LogP contribution in [-0.2, 0) is 10.2 Å². The summed E-state index contributed by atoms with van der Waals surface area (Å²) in [6.45, 7) is 0. The van der Waals surface area contributed by atoms with E-state index in [0.29, 0.717) is 0 Å². The predicted molar refractivity (Wildman–Crippen MR) is 79.7 cm³/mol. The molecule has 0 saturated heterocycles. The number of nitrogens with one attached hydrogen (secondary N) is 3. The number of urea groups is 1. The van der Waals surface area contributed by atoms with Crippen molar-refractivity contribution < 1.29 is 22.7 Å². The van der Waals surface area contributed by atoms with Crippen molar-refractivity contribution in [2.45, 2.75) is 0 Å². The van der Waals surface area contributed by atoms with Gasteiger partial charge in [0.25, 0.3) is 0 Å². The molecule has 0 aliphatic heterocycles. The molecule has 0 atom stereocenters. The fraction of sp³-hybridized carbons (Fsp3) is 0.222. The van der Waals surface area contributed by atoms with Crippen LogP contribution in [0.1, 0.15) is 0 Å². The Labute approximate surface area is 134 Å². The monoisotopic (exact) mass is 361 g/mol. The molecule has 2 aromatic heterocycles. The summed E-state index contributed by atoms with van der Waals surface area (Å²) in [5.74, 6) is -0.254. The zero-order chi connectivity index (χ0) is 16.9. The van der Waals surface area contributed by atoms with Crippen LogP contribution in [0, 0.1) is 0 Å². The van der Waals surface area contributed by atoms with Gasteiger partial charge in [-0.05, 0) is 0 Å². The topological polar surface area (TPSA) is 157 Å². The number of aromatic nitrogens is 4. The van der Waals surface area contributed by atoms with Crippen LogP contribution in [0.2, 0.25) is 0 Å². The first-order valence-electron chi connectivity index (χ1n) is 5.77. The Balaban J connectivity index is 2.04. The van der Waals surface area contributed by atoms with Crippen LogP contribution in [0.15, 0.2) is 11.6 Å². The Morgan fingerprint density at radius 1 is 1.17 bits per heavy atom. The summed E-state index contributed by atoms with van der Waals surface area (Å²) in [6.07, 6.45) is 1.41. The molecule has 3 N–H and O–H groups in total. The second-order valence-corrected chi connectivity index (χ2v) is 5.94. The van der Waals surface area contributed by atoms with Crippen molar-refractivity contribution in [2.75, 3.05) is 24.3 Å². The van der Waals surface area contributed by atoms with Crippen molar-refractivity contribution >= 4 is 38.7 Å². The van der Waals surface area contributed by atoms with Gasteiger partial charge in [-0.25, -0.2) is 19.2 Å². The third-order valence-electron chi connectivity index (χ3n) is 2.07. The standard InChI is InChI=1S/C9H11N7O5S2/c1-20-7-12-5(13-8(14-7)21-2)11-6(17)15-23(18,19)16-9-10-3-4-22-9/h3-4H,1-2H3,(H,10,16)(H2,11,12,13,14,15,17). The lowest BCUT2D eigenvalue weighted by atomic mass is 10.8. The summed E-state index contributed by atoms with van der Waals surface area (Å²) in [7, 11) is -1.54. The predicted octanol–water partition coefficient (Wildman–Crippen LogP) is -0.176. The first-order valence-corrected chi connectivity index (χ1v) is 8.13. The molecule has 0 fully saturated rings. The van der Waals surface area contributed by atoms with Crippen LogP contribution in [0.25, 0.3) is 0 Å². The van der Waals surface area contributed by atoms with Gasteiger partial charge < -0.3 is 9.47 Å². The molecule has 14 heteroatoms. The lowest BCUT2D eigenvalue weighted by molar-refractivity contribution is 0.256. The number of carbonyl (C=O) groups is 1. The van der Waals surface area contributed by atoms with Gasteiger partial charge in [-0.2, -0.15) is 18.4 Å². The maximum Gasteiger partial charge on any atom is 0.336 e. The summed E-state index contributed by atoms with van der Waals surface area (Å²) in [4.78, 5) is 26.6. The number of hydrogen-bond acceptors (Lipinski definition) is 10. The van der Waals surface area contributed by atoms with Crippen molar-refractivity contribution in [3.05, 3.63) is 11.6 Å². The van der Waals surface area contributed by atoms with Crippen molar-refractivity contribution in [1.29, 1.82) is 0 Å². The van der Waals surface area contributed by atoms with E-state index in [1.807, 2.05) is 0 Å². The number of nitrogens with zero attached hydrogens (tertiary/aromatic N) is 4. The van der Waals surface area contributed by atoms with E-state index in [2.05, 4.69) is 30.0 Å². The maximum absolute atomic E-state index is 11.7. The number of thiazole rings is 1. The molecule has 0 saturated carbocycles. The quantitative estimate of drug-likeness (QED) is 0.635. The maximum atomic E-state index is 11.7. The molecule has 2 heterocycles. The Kier molecular flexibility index (Phi) is 5.07. The third kappa shape index (κ3) is 4.89. The molecule has 0 bridgehead atoms.